The Morgan fingerprint density at radius 1 is 1.19 bits per heavy atom. The van der Waals surface area contributed by atoms with Crippen LogP contribution < -0.4 is 5.32 Å². The molecule has 2 aromatic rings. The fourth-order valence-electron chi connectivity index (χ4n) is 2.88. The second-order valence-corrected chi connectivity index (χ2v) is 5.48. The summed E-state index contributed by atoms with van der Waals surface area (Å²) in [6.45, 7) is 0.694. The first-order valence-electron chi connectivity index (χ1n) is 7.39. The monoisotopic (exact) mass is 285 g/mol. The lowest BCUT2D eigenvalue weighted by molar-refractivity contribution is 0.0697. The van der Waals surface area contributed by atoms with Crippen LogP contribution in [0, 0.1) is 0 Å². The van der Waals surface area contributed by atoms with E-state index in [9.17, 15) is 9.90 Å². The van der Waals surface area contributed by atoms with Crippen molar-refractivity contribution in [3.05, 3.63) is 47.7 Å². The molecule has 0 bridgehead atoms. The number of aromatic carboxylic acids is 1. The van der Waals surface area contributed by atoms with Crippen molar-refractivity contribution >= 4 is 5.97 Å². The zero-order valence-electron chi connectivity index (χ0n) is 11.8. The van der Waals surface area contributed by atoms with Gasteiger partial charge in [0, 0.05) is 11.6 Å². The van der Waals surface area contributed by atoms with Crippen LogP contribution in [-0.4, -0.2) is 17.1 Å². The van der Waals surface area contributed by atoms with Crippen LogP contribution in [-0.2, 0) is 6.54 Å². The molecule has 21 heavy (non-hydrogen) atoms. The molecule has 1 fully saturated rings. The Morgan fingerprint density at radius 2 is 1.95 bits per heavy atom. The van der Waals surface area contributed by atoms with Gasteiger partial charge in [-0.3, -0.25) is 0 Å². The first-order chi connectivity index (χ1) is 10.2. The van der Waals surface area contributed by atoms with Crippen molar-refractivity contribution in [1.29, 1.82) is 0 Å². The molecule has 1 aromatic carbocycles. The molecular weight excluding hydrogens is 266 g/mol. The molecule has 1 aliphatic rings. The summed E-state index contributed by atoms with van der Waals surface area (Å²) in [6, 6.07) is 11.3. The van der Waals surface area contributed by atoms with Gasteiger partial charge in [0.25, 0.3) is 0 Å². The van der Waals surface area contributed by atoms with Crippen molar-refractivity contribution in [3.63, 3.8) is 0 Å². The number of benzene rings is 1. The van der Waals surface area contributed by atoms with Crippen molar-refractivity contribution in [2.45, 2.75) is 38.3 Å². The molecule has 4 nitrogen and oxygen atoms in total. The van der Waals surface area contributed by atoms with Gasteiger partial charge < -0.3 is 14.8 Å². The van der Waals surface area contributed by atoms with Crippen LogP contribution in [0.2, 0.25) is 0 Å². The quantitative estimate of drug-likeness (QED) is 0.879. The van der Waals surface area contributed by atoms with Crippen molar-refractivity contribution in [1.82, 2.24) is 5.32 Å². The van der Waals surface area contributed by atoms with Crippen LogP contribution in [0.15, 0.2) is 40.8 Å². The van der Waals surface area contributed by atoms with E-state index >= 15 is 0 Å². The summed E-state index contributed by atoms with van der Waals surface area (Å²) in [7, 11) is 0. The Balaban J connectivity index is 1.74. The molecule has 0 saturated heterocycles. The average molecular weight is 285 g/mol. The number of nitrogens with one attached hydrogen (secondary N) is 1. The molecule has 110 valence electrons. The minimum atomic E-state index is -0.937. The molecule has 0 aliphatic heterocycles. The van der Waals surface area contributed by atoms with Crippen LogP contribution in [0.3, 0.4) is 0 Å². The van der Waals surface area contributed by atoms with Crippen molar-refractivity contribution in [2.75, 3.05) is 0 Å². The van der Waals surface area contributed by atoms with E-state index in [1.807, 2.05) is 18.2 Å². The van der Waals surface area contributed by atoms with Gasteiger partial charge in [0.1, 0.15) is 11.5 Å². The highest BCUT2D eigenvalue weighted by atomic mass is 16.4. The average Bonchev–Trinajstić information content (AvgIpc) is 3.16. The Hall–Kier alpha value is -2.07. The van der Waals surface area contributed by atoms with Crippen molar-refractivity contribution in [2.24, 2.45) is 0 Å². The van der Waals surface area contributed by atoms with Crippen LogP contribution in [0.4, 0.5) is 0 Å². The molecule has 1 aliphatic carbocycles. The summed E-state index contributed by atoms with van der Waals surface area (Å²) in [5.74, 6) is 0.515. The Labute approximate surface area is 123 Å². The molecule has 0 atom stereocenters. The van der Waals surface area contributed by atoms with Gasteiger partial charge in [0.05, 0.1) is 12.1 Å². The fourth-order valence-corrected chi connectivity index (χ4v) is 2.88. The van der Waals surface area contributed by atoms with Gasteiger partial charge in [-0.15, -0.1) is 0 Å². The number of carboxylic acids is 1. The van der Waals surface area contributed by atoms with E-state index in [1.54, 1.807) is 18.2 Å². The van der Waals surface area contributed by atoms with Crippen molar-refractivity contribution in [3.8, 4) is 11.3 Å². The SMILES string of the molecule is O=C(O)c1ccccc1-c1ccc(CNC2CCCC2)o1. The third-order valence-corrected chi connectivity index (χ3v) is 4.00. The Morgan fingerprint density at radius 3 is 2.71 bits per heavy atom. The maximum Gasteiger partial charge on any atom is 0.336 e. The summed E-state index contributed by atoms with van der Waals surface area (Å²) in [5, 5.41) is 12.7. The van der Waals surface area contributed by atoms with Gasteiger partial charge in [-0.25, -0.2) is 4.79 Å². The predicted octanol–water partition coefficient (Wildman–Crippen LogP) is 3.68. The summed E-state index contributed by atoms with van der Waals surface area (Å²) in [6.07, 6.45) is 5.06. The molecule has 0 unspecified atom stereocenters. The number of carbonyl (C=O) groups is 1. The molecule has 0 radical (unpaired) electrons. The second kappa shape index (κ2) is 6.14. The maximum atomic E-state index is 11.2. The van der Waals surface area contributed by atoms with E-state index < -0.39 is 5.97 Å². The van der Waals surface area contributed by atoms with Gasteiger partial charge in [0.2, 0.25) is 0 Å². The number of carboxylic acid groups (broad SMARTS) is 1. The van der Waals surface area contributed by atoms with Gasteiger partial charge in [-0.1, -0.05) is 31.0 Å². The standard InChI is InChI=1S/C17H19NO3/c19-17(20)15-8-4-3-7-14(15)16-10-9-13(21-16)11-18-12-5-1-2-6-12/h3-4,7-10,12,18H,1-2,5-6,11H2,(H,19,20). The summed E-state index contributed by atoms with van der Waals surface area (Å²) in [5.41, 5.74) is 0.888. The highest BCUT2D eigenvalue weighted by molar-refractivity contribution is 5.95. The summed E-state index contributed by atoms with van der Waals surface area (Å²) in [4.78, 5) is 11.2. The molecule has 2 N–H and O–H groups in total. The number of rotatable bonds is 5. The lowest BCUT2D eigenvalue weighted by Gasteiger charge is -2.09. The zero-order valence-corrected chi connectivity index (χ0v) is 11.8. The molecule has 1 saturated carbocycles. The Bertz CT molecular complexity index is 626. The lowest BCUT2D eigenvalue weighted by atomic mass is 10.1. The number of hydrogen-bond acceptors (Lipinski definition) is 3. The third kappa shape index (κ3) is 3.16. The van der Waals surface area contributed by atoms with E-state index in [-0.39, 0.29) is 5.56 Å². The minimum Gasteiger partial charge on any atom is -0.478 e. The molecule has 4 heteroatoms. The van der Waals surface area contributed by atoms with Crippen LogP contribution in [0.1, 0.15) is 41.8 Å². The molecule has 1 heterocycles. The molecule has 1 aromatic heterocycles. The summed E-state index contributed by atoms with van der Waals surface area (Å²) >= 11 is 0. The van der Waals surface area contributed by atoms with E-state index in [2.05, 4.69) is 5.32 Å². The van der Waals surface area contributed by atoms with Crippen LogP contribution >= 0.6 is 0 Å². The normalized spacial score (nSPS) is 15.4. The zero-order chi connectivity index (χ0) is 14.7. The highest BCUT2D eigenvalue weighted by Crippen LogP contribution is 2.26. The highest BCUT2D eigenvalue weighted by Gasteiger charge is 2.16. The van der Waals surface area contributed by atoms with Gasteiger partial charge in [-0.05, 0) is 31.0 Å². The predicted molar refractivity (Wildman–Crippen MR) is 80.2 cm³/mol. The lowest BCUT2D eigenvalue weighted by Crippen LogP contribution is -2.24. The van der Waals surface area contributed by atoms with E-state index in [4.69, 9.17) is 4.42 Å². The van der Waals surface area contributed by atoms with E-state index in [1.165, 1.54) is 25.7 Å². The molecular formula is C17H19NO3. The van der Waals surface area contributed by atoms with Gasteiger partial charge in [0.15, 0.2) is 0 Å². The number of furan rings is 1. The van der Waals surface area contributed by atoms with Crippen LogP contribution in [0.25, 0.3) is 11.3 Å². The summed E-state index contributed by atoms with van der Waals surface area (Å²) < 4.78 is 5.79. The third-order valence-electron chi connectivity index (χ3n) is 4.00. The van der Waals surface area contributed by atoms with Crippen molar-refractivity contribution < 1.29 is 14.3 Å². The number of hydrogen-bond donors (Lipinski definition) is 2. The maximum absolute atomic E-state index is 11.2. The van der Waals surface area contributed by atoms with Crippen LogP contribution in [0.5, 0.6) is 0 Å². The second-order valence-electron chi connectivity index (χ2n) is 5.48. The van der Waals surface area contributed by atoms with E-state index in [0.29, 0.717) is 23.9 Å². The molecule has 3 rings (SSSR count). The first kappa shape index (κ1) is 13.9. The topological polar surface area (TPSA) is 62.5 Å². The first-order valence-corrected chi connectivity index (χ1v) is 7.39. The van der Waals surface area contributed by atoms with E-state index in [0.717, 1.165) is 5.76 Å². The largest absolute Gasteiger partial charge is 0.478 e. The fraction of sp³-hybridized carbons (Fsp3) is 0.353. The smallest absolute Gasteiger partial charge is 0.336 e. The minimum absolute atomic E-state index is 0.266. The van der Waals surface area contributed by atoms with Gasteiger partial charge in [-0.2, -0.15) is 0 Å². The van der Waals surface area contributed by atoms with Gasteiger partial charge >= 0.3 is 5.97 Å². The molecule has 0 spiro atoms. The molecule has 0 amide bonds. The Kier molecular flexibility index (Phi) is 4.06.